The lowest BCUT2D eigenvalue weighted by molar-refractivity contribution is -0.151. The highest BCUT2D eigenvalue weighted by molar-refractivity contribution is 7.15. The van der Waals surface area contributed by atoms with Gasteiger partial charge in [0.05, 0.1) is 12.3 Å². The molecule has 1 aliphatic heterocycles. The van der Waals surface area contributed by atoms with Crippen LogP contribution in [-0.2, 0) is 16.1 Å². The van der Waals surface area contributed by atoms with Crippen molar-refractivity contribution in [1.29, 1.82) is 0 Å². The van der Waals surface area contributed by atoms with Crippen LogP contribution in [0.2, 0.25) is 0 Å². The van der Waals surface area contributed by atoms with Crippen molar-refractivity contribution in [2.75, 3.05) is 13.2 Å². The number of hydrogen-bond acceptors (Lipinski definition) is 6. The molecular weight excluding hydrogens is 314 g/mol. The molecule has 1 atom stereocenters. The van der Waals surface area contributed by atoms with Crippen molar-refractivity contribution in [1.82, 2.24) is 14.3 Å². The second-order valence-corrected chi connectivity index (χ2v) is 6.65. The number of nitrogens with zero attached hydrogens (tertiary/aromatic N) is 3. The largest absolute Gasteiger partial charge is 0.465 e. The van der Waals surface area contributed by atoms with E-state index in [2.05, 4.69) is 9.88 Å². The van der Waals surface area contributed by atoms with Gasteiger partial charge in [0.1, 0.15) is 6.04 Å². The van der Waals surface area contributed by atoms with E-state index in [1.54, 1.807) is 10.5 Å². The van der Waals surface area contributed by atoms with Crippen LogP contribution in [0.1, 0.15) is 37.6 Å². The van der Waals surface area contributed by atoms with Gasteiger partial charge in [0.25, 0.3) is 5.56 Å². The molecule has 7 heteroatoms. The van der Waals surface area contributed by atoms with Crippen molar-refractivity contribution < 1.29 is 9.53 Å². The molecule has 0 N–H and O–H groups in total. The third-order valence-electron chi connectivity index (χ3n) is 4.17. The molecule has 1 fully saturated rings. The van der Waals surface area contributed by atoms with E-state index in [-0.39, 0.29) is 17.6 Å². The second kappa shape index (κ2) is 6.80. The Bertz CT molecular complexity index is 768. The van der Waals surface area contributed by atoms with Crippen molar-refractivity contribution in [2.45, 2.75) is 45.7 Å². The average molecular weight is 335 g/mol. The zero-order valence-corrected chi connectivity index (χ0v) is 14.3. The Morgan fingerprint density at radius 3 is 3.09 bits per heavy atom. The lowest BCUT2D eigenvalue weighted by atomic mass is 10.0. The number of carbonyl (C=O) groups is 1. The quantitative estimate of drug-likeness (QED) is 0.800. The first-order valence-corrected chi connectivity index (χ1v) is 8.85. The molecule has 23 heavy (non-hydrogen) atoms. The highest BCUT2D eigenvalue weighted by Crippen LogP contribution is 2.21. The van der Waals surface area contributed by atoms with Crippen molar-refractivity contribution in [3.05, 3.63) is 33.2 Å². The summed E-state index contributed by atoms with van der Waals surface area (Å²) in [6.07, 6.45) is 2.88. The Hall–Kier alpha value is -1.73. The van der Waals surface area contributed by atoms with E-state index in [0.717, 1.165) is 31.5 Å². The number of hydrogen-bond donors (Lipinski definition) is 0. The van der Waals surface area contributed by atoms with E-state index < -0.39 is 0 Å². The molecule has 1 aliphatic rings. The van der Waals surface area contributed by atoms with Gasteiger partial charge in [-0.15, -0.1) is 11.3 Å². The molecule has 0 saturated carbocycles. The number of ether oxygens (including phenoxy) is 1. The summed E-state index contributed by atoms with van der Waals surface area (Å²) in [7, 11) is 0. The van der Waals surface area contributed by atoms with Crippen LogP contribution in [0.3, 0.4) is 0 Å². The minimum absolute atomic E-state index is 0.0616. The number of aromatic nitrogens is 2. The lowest BCUT2D eigenvalue weighted by Gasteiger charge is -2.33. The van der Waals surface area contributed by atoms with E-state index >= 15 is 0 Å². The number of likely N-dealkylation sites (tertiary alicyclic amines) is 1. The van der Waals surface area contributed by atoms with E-state index in [0.29, 0.717) is 23.8 Å². The highest BCUT2D eigenvalue weighted by atomic mass is 32.1. The fourth-order valence-electron chi connectivity index (χ4n) is 3.08. The fourth-order valence-corrected chi connectivity index (χ4v) is 3.97. The van der Waals surface area contributed by atoms with Gasteiger partial charge in [0.15, 0.2) is 4.96 Å². The number of rotatable bonds is 4. The smallest absolute Gasteiger partial charge is 0.323 e. The van der Waals surface area contributed by atoms with E-state index in [4.69, 9.17) is 4.74 Å². The molecule has 1 saturated heterocycles. The molecule has 0 aliphatic carbocycles. The van der Waals surface area contributed by atoms with Crippen LogP contribution >= 0.6 is 11.3 Å². The van der Waals surface area contributed by atoms with Gasteiger partial charge in [0.2, 0.25) is 0 Å². The molecule has 0 bridgehead atoms. The number of carbonyl (C=O) groups excluding carboxylic acids is 1. The number of fused-ring (bicyclic) bond motifs is 1. The Labute approximate surface area is 138 Å². The summed E-state index contributed by atoms with van der Waals surface area (Å²) in [5, 5.41) is 1.93. The van der Waals surface area contributed by atoms with Gasteiger partial charge in [0, 0.05) is 23.7 Å². The average Bonchev–Trinajstić information content (AvgIpc) is 2.89. The molecule has 0 amide bonds. The molecule has 3 rings (SSSR count). The van der Waals surface area contributed by atoms with Gasteiger partial charge >= 0.3 is 5.97 Å². The van der Waals surface area contributed by atoms with E-state index in [1.165, 1.54) is 11.3 Å². The van der Waals surface area contributed by atoms with Crippen LogP contribution in [-0.4, -0.2) is 39.4 Å². The normalized spacial score (nSPS) is 19.1. The summed E-state index contributed by atoms with van der Waals surface area (Å²) < 4.78 is 6.80. The molecule has 6 nitrogen and oxygen atoms in total. The maximum Gasteiger partial charge on any atom is 0.323 e. The second-order valence-electron chi connectivity index (χ2n) is 5.81. The standard InChI is InChI=1S/C16H21N3O3S/c1-3-22-15(21)13-6-4-5-7-18(13)9-12-8-14(20)19-11(2)10-23-16(19)17-12/h8,10,13H,3-7,9H2,1-2H3. The first-order chi connectivity index (χ1) is 11.1. The first-order valence-electron chi connectivity index (χ1n) is 7.97. The maximum atomic E-state index is 12.3. The molecule has 0 radical (unpaired) electrons. The molecule has 1 unspecified atom stereocenters. The monoisotopic (exact) mass is 335 g/mol. The fraction of sp³-hybridized carbons (Fsp3) is 0.562. The predicted molar refractivity (Wildman–Crippen MR) is 88.8 cm³/mol. The topological polar surface area (TPSA) is 63.9 Å². The Morgan fingerprint density at radius 1 is 1.48 bits per heavy atom. The summed E-state index contributed by atoms with van der Waals surface area (Å²) in [5.41, 5.74) is 1.55. The van der Waals surface area contributed by atoms with Gasteiger partial charge in [-0.25, -0.2) is 4.98 Å². The molecule has 0 aromatic carbocycles. The molecule has 2 aromatic heterocycles. The zero-order valence-electron chi connectivity index (χ0n) is 13.4. The molecule has 3 heterocycles. The first kappa shape index (κ1) is 16.1. The summed E-state index contributed by atoms with van der Waals surface area (Å²) in [6, 6.07) is 1.35. The van der Waals surface area contributed by atoms with Gasteiger partial charge in [-0.1, -0.05) is 6.42 Å². The van der Waals surface area contributed by atoms with Gasteiger partial charge < -0.3 is 4.74 Å². The van der Waals surface area contributed by atoms with Crippen molar-refractivity contribution >= 4 is 22.3 Å². The Balaban J connectivity index is 1.84. The number of piperidine rings is 1. The van der Waals surface area contributed by atoms with Crippen LogP contribution in [0.25, 0.3) is 4.96 Å². The van der Waals surface area contributed by atoms with Crippen LogP contribution in [0.5, 0.6) is 0 Å². The van der Waals surface area contributed by atoms with Gasteiger partial charge in [-0.05, 0) is 33.2 Å². The number of esters is 1. The maximum absolute atomic E-state index is 12.3. The molecule has 124 valence electrons. The van der Waals surface area contributed by atoms with Gasteiger partial charge in [-0.3, -0.25) is 18.9 Å². The summed E-state index contributed by atoms with van der Waals surface area (Å²) in [5.74, 6) is -0.169. The minimum Gasteiger partial charge on any atom is -0.465 e. The molecular formula is C16H21N3O3S. The van der Waals surface area contributed by atoms with Gasteiger partial charge in [-0.2, -0.15) is 0 Å². The van der Waals surface area contributed by atoms with Crippen LogP contribution in [0.15, 0.2) is 16.2 Å². The van der Waals surface area contributed by atoms with E-state index in [1.807, 2.05) is 19.2 Å². The Kier molecular flexibility index (Phi) is 4.77. The predicted octanol–water partition coefficient (Wildman–Crippen LogP) is 1.98. The summed E-state index contributed by atoms with van der Waals surface area (Å²) >= 11 is 1.46. The SMILES string of the molecule is CCOC(=O)C1CCCCN1Cc1cc(=O)n2c(C)csc2n1. The molecule has 0 spiro atoms. The zero-order chi connectivity index (χ0) is 16.4. The number of thiazole rings is 1. The third-order valence-corrected chi connectivity index (χ3v) is 5.11. The third kappa shape index (κ3) is 3.30. The van der Waals surface area contributed by atoms with Crippen LogP contribution < -0.4 is 5.56 Å². The van der Waals surface area contributed by atoms with Crippen molar-refractivity contribution in [3.8, 4) is 0 Å². The Morgan fingerprint density at radius 2 is 2.30 bits per heavy atom. The summed E-state index contributed by atoms with van der Waals surface area (Å²) in [6.45, 7) is 5.44. The van der Waals surface area contributed by atoms with Crippen LogP contribution in [0.4, 0.5) is 0 Å². The lowest BCUT2D eigenvalue weighted by Crippen LogP contribution is -2.45. The van der Waals surface area contributed by atoms with E-state index in [9.17, 15) is 9.59 Å². The minimum atomic E-state index is -0.228. The highest BCUT2D eigenvalue weighted by Gasteiger charge is 2.30. The summed E-state index contributed by atoms with van der Waals surface area (Å²) in [4.78, 5) is 31.8. The van der Waals surface area contributed by atoms with Crippen molar-refractivity contribution in [2.24, 2.45) is 0 Å². The molecule has 2 aromatic rings. The van der Waals surface area contributed by atoms with Crippen LogP contribution in [0, 0.1) is 6.92 Å². The number of aryl methyl sites for hydroxylation is 1. The van der Waals surface area contributed by atoms with Crippen molar-refractivity contribution in [3.63, 3.8) is 0 Å².